The summed E-state index contributed by atoms with van der Waals surface area (Å²) in [5, 5.41) is 1.00. The summed E-state index contributed by atoms with van der Waals surface area (Å²) in [6.07, 6.45) is 4.12. The summed E-state index contributed by atoms with van der Waals surface area (Å²) in [6.45, 7) is 4.22. The first-order chi connectivity index (χ1) is 12.2. The Morgan fingerprint density at radius 2 is 2.04 bits per heavy atom. The molecule has 0 saturated heterocycles. The number of thiophene rings is 1. The number of sulfonamides is 1. The van der Waals surface area contributed by atoms with Gasteiger partial charge < -0.3 is 10.3 Å². The lowest BCUT2D eigenvalue weighted by atomic mass is 10.1. The fraction of sp³-hybridized carbons (Fsp3) is 0.278. The normalized spacial score (nSPS) is 13.0. The molecule has 0 radical (unpaired) electrons. The van der Waals surface area contributed by atoms with Crippen molar-refractivity contribution in [2.45, 2.75) is 26.3 Å². The van der Waals surface area contributed by atoms with Crippen LogP contribution in [-0.4, -0.2) is 25.1 Å². The van der Waals surface area contributed by atoms with Gasteiger partial charge in [-0.3, -0.25) is 9.52 Å². The van der Waals surface area contributed by atoms with Gasteiger partial charge in [0.05, 0.1) is 22.3 Å². The van der Waals surface area contributed by atoms with Gasteiger partial charge in [-0.25, -0.2) is 8.42 Å². The molecule has 3 N–H and O–H groups in total. The zero-order chi connectivity index (χ0) is 19.1. The Bertz CT molecular complexity index is 1080. The van der Waals surface area contributed by atoms with E-state index in [1.165, 1.54) is 11.3 Å². The van der Waals surface area contributed by atoms with Gasteiger partial charge in [0.15, 0.2) is 0 Å². The summed E-state index contributed by atoms with van der Waals surface area (Å²) in [7, 11) is -3.34. The number of nitrogens with two attached hydrogens (primary N) is 1. The predicted octanol–water partition coefficient (Wildman–Crippen LogP) is 3.81. The number of hydrogen-bond acceptors (Lipinski definition) is 4. The average Bonchev–Trinajstić information content (AvgIpc) is 3.16. The third-order valence-corrected chi connectivity index (χ3v) is 6.06. The zero-order valence-corrected chi connectivity index (χ0v) is 16.4. The lowest BCUT2D eigenvalue weighted by Crippen LogP contribution is -2.09. The highest BCUT2D eigenvalue weighted by Crippen LogP contribution is 2.38. The van der Waals surface area contributed by atoms with Gasteiger partial charge in [0.25, 0.3) is 5.91 Å². The molecular weight excluding hydrogens is 370 g/mol. The molecule has 3 aromatic rings. The smallest absolute Gasteiger partial charge is 0.258 e. The van der Waals surface area contributed by atoms with E-state index in [4.69, 9.17) is 5.73 Å². The molecular formula is C18H21N3O3S2. The average molecular weight is 392 g/mol. The van der Waals surface area contributed by atoms with Gasteiger partial charge >= 0.3 is 0 Å². The molecule has 138 valence electrons. The van der Waals surface area contributed by atoms with Crippen LogP contribution in [0.15, 0.2) is 36.5 Å². The van der Waals surface area contributed by atoms with Crippen LogP contribution in [0, 0.1) is 0 Å². The minimum Gasteiger partial charge on any atom is -0.365 e. The first-order valence-electron chi connectivity index (χ1n) is 8.22. The molecule has 2 aromatic heterocycles. The maximum atomic E-state index is 11.5. The van der Waals surface area contributed by atoms with Crippen molar-refractivity contribution in [3.8, 4) is 10.4 Å². The number of primary amides is 1. The summed E-state index contributed by atoms with van der Waals surface area (Å²) >= 11 is 1.36. The van der Waals surface area contributed by atoms with E-state index in [0.29, 0.717) is 10.6 Å². The highest BCUT2D eigenvalue weighted by Gasteiger charge is 2.17. The number of nitrogens with one attached hydrogen (secondary N) is 1. The van der Waals surface area contributed by atoms with E-state index in [0.717, 1.165) is 34.0 Å². The van der Waals surface area contributed by atoms with Crippen LogP contribution in [0.3, 0.4) is 0 Å². The van der Waals surface area contributed by atoms with Crippen LogP contribution < -0.4 is 10.5 Å². The van der Waals surface area contributed by atoms with Crippen molar-refractivity contribution in [2.75, 3.05) is 11.0 Å². The number of carbonyl (C=O) groups is 1. The lowest BCUT2D eigenvalue weighted by molar-refractivity contribution is 0.100. The molecule has 1 aromatic carbocycles. The Morgan fingerprint density at radius 3 is 2.62 bits per heavy atom. The second kappa shape index (κ2) is 6.77. The van der Waals surface area contributed by atoms with Crippen molar-refractivity contribution < 1.29 is 13.2 Å². The number of carbonyl (C=O) groups excluding carboxylic acids is 1. The molecule has 0 spiro atoms. The van der Waals surface area contributed by atoms with E-state index in [1.54, 1.807) is 12.1 Å². The summed E-state index contributed by atoms with van der Waals surface area (Å²) in [4.78, 5) is 12.9. The molecule has 0 aliphatic rings. The molecule has 26 heavy (non-hydrogen) atoms. The van der Waals surface area contributed by atoms with Crippen LogP contribution in [0.1, 0.15) is 36.0 Å². The standard InChI is InChI=1S/C18H21N3O3S2/c1-4-11(2)21-10-14(16-7-8-17(25-16)18(19)22)13-6-5-12(9-15(13)21)20-26(3,23)24/h5-11,20H,4H2,1-3H3,(H2,19,22). The molecule has 1 unspecified atom stereocenters. The van der Waals surface area contributed by atoms with Crippen molar-refractivity contribution in [1.82, 2.24) is 4.57 Å². The van der Waals surface area contributed by atoms with Crippen LogP contribution in [0.2, 0.25) is 0 Å². The summed E-state index contributed by atoms with van der Waals surface area (Å²) in [5.74, 6) is -0.438. The highest BCUT2D eigenvalue weighted by molar-refractivity contribution is 7.92. The molecule has 0 aliphatic heterocycles. The van der Waals surface area contributed by atoms with Crippen molar-refractivity contribution >= 4 is 43.9 Å². The van der Waals surface area contributed by atoms with E-state index in [1.807, 2.05) is 18.2 Å². The summed E-state index contributed by atoms with van der Waals surface area (Å²) < 4.78 is 27.8. The van der Waals surface area contributed by atoms with Crippen molar-refractivity contribution in [3.05, 3.63) is 41.4 Å². The van der Waals surface area contributed by atoms with Gasteiger partial charge in [-0.2, -0.15) is 0 Å². The van der Waals surface area contributed by atoms with Crippen molar-refractivity contribution in [1.29, 1.82) is 0 Å². The van der Waals surface area contributed by atoms with E-state index < -0.39 is 15.9 Å². The maximum Gasteiger partial charge on any atom is 0.258 e. The SMILES string of the molecule is CCC(C)n1cc(-c2ccc(C(N)=O)s2)c2ccc(NS(C)(=O)=O)cc21. The Labute approximate surface area is 156 Å². The quantitative estimate of drug-likeness (QED) is 0.669. The monoisotopic (exact) mass is 391 g/mol. The van der Waals surface area contributed by atoms with Crippen molar-refractivity contribution in [3.63, 3.8) is 0 Å². The van der Waals surface area contributed by atoms with Gasteiger partial charge in [0, 0.05) is 28.1 Å². The fourth-order valence-corrected chi connectivity index (χ4v) is 4.34. The molecule has 1 atom stereocenters. The van der Waals surface area contributed by atoms with Gasteiger partial charge in [-0.1, -0.05) is 13.0 Å². The number of nitrogens with zero attached hydrogens (tertiary/aromatic N) is 1. The van der Waals surface area contributed by atoms with Gasteiger partial charge in [0.2, 0.25) is 10.0 Å². The Balaban J connectivity index is 2.19. The Kier molecular flexibility index (Phi) is 4.81. The molecule has 0 bridgehead atoms. The molecule has 2 heterocycles. The zero-order valence-electron chi connectivity index (χ0n) is 14.8. The second-order valence-electron chi connectivity index (χ2n) is 6.34. The van der Waals surface area contributed by atoms with Gasteiger partial charge in [-0.05, 0) is 37.6 Å². The number of amides is 1. The first kappa shape index (κ1) is 18.5. The Morgan fingerprint density at radius 1 is 1.31 bits per heavy atom. The molecule has 1 amide bonds. The van der Waals surface area contributed by atoms with Crippen LogP contribution in [0.5, 0.6) is 0 Å². The number of rotatable bonds is 6. The summed E-state index contributed by atoms with van der Waals surface area (Å²) in [5.41, 5.74) is 7.84. The third-order valence-electron chi connectivity index (χ3n) is 4.32. The van der Waals surface area contributed by atoms with Crippen molar-refractivity contribution in [2.24, 2.45) is 5.73 Å². The van der Waals surface area contributed by atoms with E-state index in [9.17, 15) is 13.2 Å². The Hall–Kier alpha value is -2.32. The summed E-state index contributed by atoms with van der Waals surface area (Å²) in [6, 6.07) is 9.36. The van der Waals surface area contributed by atoms with Crippen LogP contribution >= 0.6 is 11.3 Å². The third kappa shape index (κ3) is 3.61. The number of aromatic nitrogens is 1. The first-order valence-corrected chi connectivity index (χ1v) is 10.9. The highest BCUT2D eigenvalue weighted by atomic mass is 32.2. The minimum atomic E-state index is -3.34. The number of hydrogen-bond donors (Lipinski definition) is 2. The molecule has 6 nitrogen and oxygen atoms in total. The molecule has 0 aliphatic carbocycles. The topological polar surface area (TPSA) is 94.2 Å². The number of fused-ring (bicyclic) bond motifs is 1. The largest absolute Gasteiger partial charge is 0.365 e. The van der Waals surface area contributed by atoms with E-state index in [-0.39, 0.29) is 6.04 Å². The van der Waals surface area contributed by atoms with Gasteiger partial charge in [-0.15, -0.1) is 11.3 Å². The minimum absolute atomic E-state index is 0.246. The molecule has 8 heteroatoms. The predicted molar refractivity (Wildman–Crippen MR) is 107 cm³/mol. The van der Waals surface area contributed by atoms with Crippen LogP contribution in [-0.2, 0) is 10.0 Å². The fourth-order valence-electron chi connectivity index (χ4n) is 2.90. The van der Waals surface area contributed by atoms with E-state index in [2.05, 4.69) is 29.3 Å². The van der Waals surface area contributed by atoms with Crippen LogP contribution in [0.4, 0.5) is 5.69 Å². The molecule has 0 fully saturated rings. The van der Waals surface area contributed by atoms with Crippen LogP contribution in [0.25, 0.3) is 21.3 Å². The number of benzene rings is 1. The second-order valence-corrected chi connectivity index (χ2v) is 9.17. The molecule has 3 rings (SSSR count). The maximum absolute atomic E-state index is 11.5. The lowest BCUT2D eigenvalue weighted by Gasteiger charge is -2.13. The van der Waals surface area contributed by atoms with Gasteiger partial charge in [0.1, 0.15) is 0 Å². The van der Waals surface area contributed by atoms with E-state index >= 15 is 0 Å². The number of anilines is 1. The molecule has 0 saturated carbocycles.